The van der Waals surface area contributed by atoms with Gasteiger partial charge in [-0.05, 0) is 116 Å². The van der Waals surface area contributed by atoms with E-state index in [1.165, 1.54) is 0 Å². The van der Waals surface area contributed by atoms with Gasteiger partial charge >= 0.3 is 24.4 Å². The average molecular weight is 1810 g/mol. The van der Waals surface area contributed by atoms with Crippen LogP contribution in [0.15, 0.2) is 39.9 Å². The summed E-state index contributed by atoms with van der Waals surface area (Å²) in [6.07, 6.45) is 27.3. The van der Waals surface area contributed by atoms with Crippen molar-refractivity contribution in [2.75, 3.05) is 198 Å². The Bertz CT molecular complexity index is 2900. The second-order valence-electron chi connectivity index (χ2n) is 31.9. The van der Waals surface area contributed by atoms with Crippen LogP contribution < -0.4 is 106 Å². The van der Waals surface area contributed by atoms with Gasteiger partial charge in [-0.2, -0.15) is 15.0 Å². The number of guanidine groups is 8. The molecule has 0 spiro atoms. The largest absolute Gasteiger partial charge is 0.448 e. The topological polar surface area (TPSA) is 719 Å². The molecule has 1 aliphatic rings. The van der Waals surface area contributed by atoms with Gasteiger partial charge < -0.3 is 155 Å². The Morgan fingerprint density at radius 2 is 0.484 bits per heavy atom. The van der Waals surface area contributed by atoms with Crippen LogP contribution in [0.25, 0.3) is 0 Å². The van der Waals surface area contributed by atoms with Gasteiger partial charge in [-0.3, -0.25) is 44.7 Å². The molecule has 732 valence electrons. The summed E-state index contributed by atoms with van der Waals surface area (Å²) in [5, 5.41) is 0. The van der Waals surface area contributed by atoms with Crippen LogP contribution in [-0.4, -0.2) is 307 Å². The van der Waals surface area contributed by atoms with E-state index in [-0.39, 0.29) is 124 Å². The molecule has 128 heavy (non-hydrogen) atoms. The van der Waals surface area contributed by atoms with Crippen molar-refractivity contribution < 1.29 is 47.7 Å². The van der Waals surface area contributed by atoms with Gasteiger partial charge in [0.2, 0.25) is 23.8 Å². The van der Waals surface area contributed by atoms with E-state index in [0.717, 1.165) is 180 Å². The van der Waals surface area contributed by atoms with Crippen LogP contribution >= 0.6 is 0 Å². The first-order valence-corrected chi connectivity index (χ1v) is 46.6. The third-order valence-corrected chi connectivity index (χ3v) is 21.0. The van der Waals surface area contributed by atoms with E-state index in [2.05, 4.69) is 39.9 Å². The second kappa shape index (κ2) is 74.8. The number of aromatic nitrogens is 3. The number of amides is 5. The predicted molar refractivity (Wildman–Crippen MR) is 512 cm³/mol. The number of aldehydes is 1. The van der Waals surface area contributed by atoms with E-state index in [1.54, 1.807) is 29.4 Å². The van der Waals surface area contributed by atoms with Gasteiger partial charge in [-0.25, -0.2) is 19.2 Å². The third kappa shape index (κ3) is 62.0. The zero-order valence-corrected chi connectivity index (χ0v) is 77.1. The third-order valence-electron chi connectivity index (χ3n) is 21.0. The van der Waals surface area contributed by atoms with Crippen molar-refractivity contribution in [3.05, 3.63) is 0 Å². The molecule has 1 aliphatic heterocycles. The highest BCUT2D eigenvalue weighted by Gasteiger charge is 2.29. The summed E-state index contributed by atoms with van der Waals surface area (Å²) >= 11 is 0. The zero-order chi connectivity index (χ0) is 93.8. The normalized spacial score (nSPS) is 11.6. The minimum atomic E-state index is -0.534. The molecule has 1 aromatic heterocycles. The summed E-state index contributed by atoms with van der Waals surface area (Å²) in [4.78, 5) is 146. The molecule has 45 nitrogen and oxygen atoms in total. The maximum Gasteiger partial charge on any atom is 0.409 e. The predicted octanol–water partition coefficient (Wildman–Crippen LogP) is 3.10. The number of rotatable bonds is 78. The van der Waals surface area contributed by atoms with Crippen molar-refractivity contribution in [1.29, 1.82) is 0 Å². The molecule has 45 heteroatoms. The number of nitrogens with two attached hydrogens (primary N) is 16. The van der Waals surface area contributed by atoms with E-state index in [4.69, 9.17) is 126 Å². The molecular formula is C83H165N35O10. The maximum absolute atomic E-state index is 14.6. The minimum Gasteiger partial charge on any atom is -0.448 e. The number of ether oxygens (including phenoxy) is 4. The Labute approximate surface area is 759 Å². The lowest BCUT2D eigenvalue weighted by Gasteiger charge is -2.35. The van der Waals surface area contributed by atoms with Crippen molar-refractivity contribution >= 4 is 102 Å². The molecule has 5 amide bonds. The smallest absolute Gasteiger partial charge is 0.409 e. The van der Waals surface area contributed by atoms with Crippen molar-refractivity contribution in [2.24, 2.45) is 132 Å². The molecule has 0 aromatic carbocycles. The molecule has 0 bridgehead atoms. The Morgan fingerprint density at radius 1 is 0.273 bits per heavy atom. The van der Waals surface area contributed by atoms with Gasteiger partial charge in [0.05, 0.1) is 26.2 Å². The van der Waals surface area contributed by atoms with Crippen LogP contribution in [0.3, 0.4) is 0 Å². The van der Waals surface area contributed by atoms with Crippen molar-refractivity contribution in [1.82, 2.24) is 39.5 Å². The number of piperazine rings is 1. The lowest BCUT2D eigenvalue weighted by atomic mass is 10.1. The lowest BCUT2D eigenvalue weighted by Crippen LogP contribution is -2.49. The number of carbonyl (C=O) groups excluding carboxylic acids is 6. The molecule has 1 fully saturated rings. The van der Waals surface area contributed by atoms with Crippen molar-refractivity contribution in [2.45, 2.75) is 244 Å². The summed E-state index contributed by atoms with van der Waals surface area (Å²) in [7, 11) is 0. The van der Waals surface area contributed by atoms with E-state index >= 15 is 0 Å². The quantitative estimate of drug-likeness (QED) is 0.0146. The Balaban J connectivity index is 3.03. The summed E-state index contributed by atoms with van der Waals surface area (Å²) in [6, 6.07) is 0. The fraction of sp³-hybridized carbons (Fsp3) is 0.795. The summed E-state index contributed by atoms with van der Waals surface area (Å²) in [5.74, 6) is 0.660. The first-order valence-electron chi connectivity index (χ1n) is 46.6. The molecule has 2 rings (SSSR count). The zero-order valence-electron chi connectivity index (χ0n) is 77.1. The maximum atomic E-state index is 14.6. The van der Waals surface area contributed by atoms with E-state index < -0.39 is 24.4 Å². The first-order chi connectivity index (χ1) is 61.8. The highest BCUT2D eigenvalue weighted by molar-refractivity contribution is 5.79. The Hall–Kier alpha value is -11.2. The van der Waals surface area contributed by atoms with Crippen LogP contribution in [0.5, 0.6) is 0 Å². The fourth-order valence-electron chi connectivity index (χ4n) is 13.9. The molecule has 0 radical (unpaired) electrons. The van der Waals surface area contributed by atoms with Gasteiger partial charge in [0.15, 0.2) is 47.7 Å². The Kier molecular flexibility index (Phi) is 66.0. The van der Waals surface area contributed by atoms with Crippen LogP contribution in [0.2, 0.25) is 0 Å². The number of aliphatic imine (C=N–C) groups is 8. The molecule has 2 heterocycles. The number of hydrogen-bond acceptors (Lipinski definition) is 24. The van der Waals surface area contributed by atoms with Gasteiger partial charge in [-0.15, -0.1) is 0 Å². The summed E-state index contributed by atoms with van der Waals surface area (Å²) in [5.41, 5.74) is 89.6. The van der Waals surface area contributed by atoms with E-state index in [0.29, 0.717) is 202 Å². The molecule has 0 atom stereocenters. The molecule has 32 N–H and O–H groups in total. The van der Waals surface area contributed by atoms with E-state index in [9.17, 15) is 28.8 Å². The average Bonchev–Trinajstić information content (AvgIpc) is 0.804. The Morgan fingerprint density at radius 3 is 0.703 bits per heavy atom. The summed E-state index contributed by atoms with van der Waals surface area (Å²) in [6.45, 7) is 7.72. The SMILES string of the molecule is NC(N)=NCCCCCCN(CCCCCCN=C(N)N)C(=O)OCCN(CCOC(=O)N(CCCCCCN=C(N)N)CCCCCCN=C(N)N)c1nc(N(CCOC(=O)N(CCCCCCN=C(N)N)CCCCCCN=C(N)N)CCOC(=O)N(CCCCCCN=C(N)N)CCCCCCN=C(N)N)nc(N2CCN(C(=O)CCCCCCC=O)CC2)n1. The molecular weight excluding hydrogens is 1650 g/mol. The number of anilines is 3. The first kappa shape index (κ1) is 113. The van der Waals surface area contributed by atoms with Gasteiger partial charge in [0, 0.05) is 144 Å². The monoisotopic (exact) mass is 1810 g/mol. The fourth-order valence-corrected chi connectivity index (χ4v) is 13.9. The standard InChI is InChI=1S/C83H165N35O10/c84-69(85)100-39-21-3-11-29-47-115(48-30-12-4-22-40-101-70(86)87)80(121)125-64-59-113(60-65-126-81(122)116(49-31-13-5-23-41-102-71(88)89)50-32-14-6-24-42-103-72(90)91)78-108-77(112-57-55-111(56-58-112)68(120)38-20-2-1-19-37-63-119)109-79(110-78)114(61-66-127-82(123)117(51-33-15-7-25-43-104-73(92)93)52-34-16-8-26-44-105-74(94)95)62-67-128-83(124)118(53-35-17-9-27-45-106-75(96)97)54-36-18-10-28-46-107-76(98)99/h63H,1-62,64-67H2,(H4,84,85,100)(H4,86,87,101)(H4,88,89,102)(H4,90,91,103)(H4,92,93,104)(H4,94,95,105)(H4,96,97,106)(H4,98,99,107). The van der Waals surface area contributed by atoms with Gasteiger partial charge in [-0.1, -0.05) is 116 Å². The summed E-state index contributed by atoms with van der Waals surface area (Å²) < 4.78 is 25.1. The van der Waals surface area contributed by atoms with Crippen LogP contribution in [0, 0.1) is 0 Å². The number of carbonyl (C=O) groups is 6. The number of unbranched alkanes of at least 4 members (excludes halogenated alkanes) is 28. The molecule has 0 aliphatic carbocycles. The molecule has 0 unspecified atom stereocenters. The molecule has 1 aromatic rings. The van der Waals surface area contributed by atoms with Crippen LogP contribution in [-0.2, 0) is 28.5 Å². The second-order valence-corrected chi connectivity index (χ2v) is 31.9. The van der Waals surface area contributed by atoms with Crippen molar-refractivity contribution in [3.63, 3.8) is 0 Å². The van der Waals surface area contributed by atoms with Crippen molar-refractivity contribution in [3.8, 4) is 0 Å². The van der Waals surface area contributed by atoms with Gasteiger partial charge in [0.25, 0.3) is 0 Å². The number of hydrogen-bond donors (Lipinski definition) is 16. The highest BCUT2D eigenvalue weighted by atomic mass is 16.6. The van der Waals surface area contributed by atoms with Crippen LogP contribution in [0.1, 0.15) is 244 Å². The number of nitrogens with zero attached hydrogens (tertiary/aromatic N) is 19. The highest BCUT2D eigenvalue weighted by Crippen LogP contribution is 2.24. The minimum absolute atomic E-state index is 0.00740. The van der Waals surface area contributed by atoms with Gasteiger partial charge in [0.1, 0.15) is 32.7 Å². The van der Waals surface area contributed by atoms with E-state index in [1.807, 2.05) is 9.80 Å². The molecule has 0 saturated carbocycles. The lowest BCUT2D eigenvalue weighted by molar-refractivity contribution is -0.131. The van der Waals surface area contributed by atoms with Crippen LogP contribution in [0.4, 0.5) is 37.0 Å². The molecule has 1 saturated heterocycles.